The van der Waals surface area contributed by atoms with Crippen molar-refractivity contribution in [3.8, 4) is 22.3 Å². The number of imidazole rings is 1. The quantitative estimate of drug-likeness (QED) is 0.224. The molecule has 10 heteroatoms. The lowest BCUT2D eigenvalue weighted by Gasteiger charge is -2.20. The molecule has 0 bridgehead atoms. The van der Waals surface area contributed by atoms with Gasteiger partial charge in [0.1, 0.15) is 17.3 Å². The summed E-state index contributed by atoms with van der Waals surface area (Å²) in [7, 11) is 1.85. The number of benzene rings is 2. The second kappa shape index (κ2) is 13.6. The summed E-state index contributed by atoms with van der Waals surface area (Å²) in [5, 5.41) is 34.6. The number of hydrogen-bond acceptors (Lipinski definition) is 6. The van der Waals surface area contributed by atoms with Crippen LogP contribution in [0.25, 0.3) is 22.3 Å². The number of carbonyl (C=O) groups excluding carboxylic acids is 2. The van der Waals surface area contributed by atoms with Crippen LogP contribution in [0.4, 0.5) is 4.39 Å². The van der Waals surface area contributed by atoms with Gasteiger partial charge >= 0.3 is 0 Å². The zero-order valence-corrected chi connectivity index (χ0v) is 24.0. The highest BCUT2D eigenvalue weighted by Gasteiger charge is 2.30. The number of amides is 1. The third-order valence-electron chi connectivity index (χ3n) is 7.22. The maximum absolute atomic E-state index is 14.0. The summed E-state index contributed by atoms with van der Waals surface area (Å²) < 4.78 is 17.8. The van der Waals surface area contributed by atoms with Crippen molar-refractivity contribution >= 4 is 11.9 Å². The summed E-state index contributed by atoms with van der Waals surface area (Å²) in [6.45, 7) is 4.13. The summed E-state index contributed by atoms with van der Waals surface area (Å²) >= 11 is 0. The van der Waals surface area contributed by atoms with Crippen LogP contribution in [0.5, 0.6) is 0 Å². The van der Waals surface area contributed by atoms with E-state index in [2.05, 4.69) is 10.3 Å². The van der Waals surface area contributed by atoms with E-state index in [4.69, 9.17) is 0 Å². The van der Waals surface area contributed by atoms with Gasteiger partial charge in [-0.15, -0.1) is 0 Å². The first-order chi connectivity index (χ1) is 20.1. The molecule has 0 saturated heterocycles. The molecule has 0 spiro atoms. The highest BCUT2D eigenvalue weighted by Crippen LogP contribution is 2.42. The highest BCUT2D eigenvalue weighted by atomic mass is 19.1. The van der Waals surface area contributed by atoms with Gasteiger partial charge in [-0.05, 0) is 56.4 Å². The molecule has 0 radical (unpaired) electrons. The fourth-order valence-electron chi connectivity index (χ4n) is 5.31. The molecule has 9 nitrogen and oxygen atoms in total. The van der Waals surface area contributed by atoms with Crippen LogP contribution >= 0.6 is 0 Å². The fourth-order valence-corrected chi connectivity index (χ4v) is 5.31. The van der Waals surface area contributed by atoms with E-state index >= 15 is 0 Å². The molecule has 0 aliphatic rings. The second-order valence-electron chi connectivity index (χ2n) is 10.7. The number of aliphatic hydroxyl groups excluding tert-OH is 2. The van der Waals surface area contributed by atoms with Crippen molar-refractivity contribution in [1.82, 2.24) is 19.4 Å². The Bertz CT molecular complexity index is 1510. The molecule has 0 fully saturated rings. The molecule has 42 heavy (non-hydrogen) atoms. The minimum atomic E-state index is -1.39. The standard InChI is InChI=1S/C32H37FN4O5/c1-20(2)37-26(14-13-24(38)17-25(39)18-28(40)41)29(22-9-11-23(33)12-10-22)30(21-7-5-4-6-8-21)31(37)32(42)35-19-27-34-15-16-36(27)3/h4-12,15-16,20,24-25,38-39H,13-14,17-19H2,1-3H3,(H,35,42)(H,40,41)/p-1/t24-,25-/m1/s1. The number of carbonyl (C=O) groups is 2. The minimum Gasteiger partial charge on any atom is -0.550 e. The van der Waals surface area contributed by atoms with Crippen LogP contribution in [0, 0.1) is 5.82 Å². The Morgan fingerprint density at radius 1 is 1.00 bits per heavy atom. The highest BCUT2D eigenvalue weighted by molar-refractivity contribution is 6.05. The fraction of sp³-hybridized carbons (Fsp3) is 0.344. The Hall–Kier alpha value is -4.28. The molecule has 2 aromatic carbocycles. The van der Waals surface area contributed by atoms with Gasteiger partial charge in [-0.3, -0.25) is 4.79 Å². The average molecular weight is 576 g/mol. The van der Waals surface area contributed by atoms with Crippen LogP contribution in [-0.4, -0.2) is 48.4 Å². The number of aromatic nitrogens is 3. The Kier molecular flexibility index (Phi) is 9.92. The van der Waals surface area contributed by atoms with Gasteiger partial charge in [0.2, 0.25) is 0 Å². The van der Waals surface area contributed by atoms with Gasteiger partial charge in [-0.25, -0.2) is 9.37 Å². The molecule has 0 unspecified atom stereocenters. The Morgan fingerprint density at radius 2 is 1.67 bits per heavy atom. The lowest BCUT2D eigenvalue weighted by atomic mass is 9.92. The van der Waals surface area contributed by atoms with Gasteiger partial charge in [0.25, 0.3) is 5.91 Å². The van der Waals surface area contributed by atoms with Crippen molar-refractivity contribution in [2.75, 3.05) is 0 Å². The van der Waals surface area contributed by atoms with Crippen LogP contribution in [0.1, 0.15) is 61.2 Å². The molecule has 222 valence electrons. The lowest BCUT2D eigenvalue weighted by molar-refractivity contribution is -0.307. The number of aryl methyl sites for hydroxylation is 1. The average Bonchev–Trinajstić information content (AvgIpc) is 3.51. The smallest absolute Gasteiger partial charge is 0.268 e. The van der Waals surface area contributed by atoms with Gasteiger partial charge < -0.3 is 34.6 Å². The lowest BCUT2D eigenvalue weighted by Crippen LogP contribution is -2.29. The number of nitrogens with zero attached hydrogens (tertiary/aromatic N) is 3. The molecule has 2 aromatic heterocycles. The molecule has 1 amide bonds. The molecule has 0 aliphatic carbocycles. The van der Waals surface area contributed by atoms with Crippen molar-refractivity contribution in [2.24, 2.45) is 7.05 Å². The van der Waals surface area contributed by atoms with Gasteiger partial charge in [0.05, 0.1) is 18.8 Å². The predicted octanol–water partition coefficient (Wildman–Crippen LogP) is 3.39. The van der Waals surface area contributed by atoms with E-state index in [1.165, 1.54) is 12.1 Å². The Morgan fingerprint density at radius 3 is 2.26 bits per heavy atom. The number of hydrogen-bond donors (Lipinski definition) is 3. The molecule has 2 heterocycles. The Balaban J connectivity index is 1.85. The third-order valence-corrected chi connectivity index (χ3v) is 7.22. The first-order valence-electron chi connectivity index (χ1n) is 14.0. The first-order valence-corrected chi connectivity index (χ1v) is 14.0. The maximum Gasteiger partial charge on any atom is 0.268 e. The minimum absolute atomic E-state index is 0.134. The van der Waals surface area contributed by atoms with E-state index in [1.807, 2.05) is 60.4 Å². The largest absolute Gasteiger partial charge is 0.550 e. The van der Waals surface area contributed by atoms with E-state index in [0.717, 1.165) is 16.8 Å². The summed E-state index contributed by atoms with van der Waals surface area (Å²) in [6, 6.07) is 15.4. The van der Waals surface area contributed by atoms with Crippen molar-refractivity contribution in [1.29, 1.82) is 0 Å². The van der Waals surface area contributed by atoms with Crippen LogP contribution in [0.3, 0.4) is 0 Å². The van der Waals surface area contributed by atoms with Crippen molar-refractivity contribution in [2.45, 2.75) is 64.3 Å². The zero-order chi connectivity index (χ0) is 30.4. The summed E-state index contributed by atoms with van der Waals surface area (Å²) in [5.74, 6) is -1.42. The third kappa shape index (κ3) is 7.13. The summed E-state index contributed by atoms with van der Waals surface area (Å²) in [4.78, 5) is 29.2. The summed E-state index contributed by atoms with van der Waals surface area (Å²) in [6.07, 6.45) is 1.00. The van der Waals surface area contributed by atoms with Crippen LogP contribution in [0.2, 0.25) is 0 Å². The van der Waals surface area contributed by atoms with Gasteiger partial charge in [0.15, 0.2) is 0 Å². The van der Waals surface area contributed by atoms with Crippen molar-refractivity contribution < 1.29 is 29.3 Å². The summed E-state index contributed by atoms with van der Waals surface area (Å²) in [5.41, 5.74) is 4.09. The number of carboxylic acids is 1. The number of carboxylic acid groups (broad SMARTS) is 1. The Labute approximate surface area is 244 Å². The number of rotatable bonds is 13. The van der Waals surface area contributed by atoms with Gasteiger partial charge in [-0.1, -0.05) is 42.5 Å². The number of halogens is 1. The normalized spacial score (nSPS) is 12.8. The van der Waals surface area contributed by atoms with E-state index in [1.54, 1.807) is 24.5 Å². The number of nitrogens with one attached hydrogen (secondary N) is 1. The van der Waals surface area contributed by atoms with E-state index in [-0.39, 0.29) is 31.3 Å². The maximum atomic E-state index is 14.0. The zero-order valence-electron chi connectivity index (χ0n) is 24.0. The van der Waals surface area contributed by atoms with Gasteiger partial charge in [-0.2, -0.15) is 0 Å². The molecular formula is C32H36FN4O5-. The van der Waals surface area contributed by atoms with Crippen molar-refractivity contribution in [3.63, 3.8) is 0 Å². The number of aliphatic carboxylic acids is 1. The van der Waals surface area contributed by atoms with E-state index in [9.17, 15) is 29.3 Å². The SMILES string of the molecule is CC(C)n1c(CC[C@@H](O)C[C@@H](O)CC(=O)[O-])c(-c2ccc(F)cc2)c(-c2ccccc2)c1C(=O)NCc1nccn1C. The monoisotopic (exact) mass is 575 g/mol. The topological polar surface area (TPSA) is 132 Å². The van der Waals surface area contributed by atoms with Gasteiger partial charge in [0, 0.05) is 54.7 Å². The molecule has 3 N–H and O–H groups in total. The molecule has 2 atom stereocenters. The second-order valence-corrected chi connectivity index (χ2v) is 10.7. The first kappa shape index (κ1) is 30.7. The van der Waals surface area contributed by atoms with E-state index < -0.39 is 30.4 Å². The van der Waals surface area contributed by atoms with Crippen LogP contribution in [0.15, 0.2) is 67.0 Å². The van der Waals surface area contributed by atoms with Crippen LogP contribution < -0.4 is 10.4 Å². The van der Waals surface area contributed by atoms with Crippen LogP contribution in [-0.2, 0) is 24.8 Å². The molecule has 4 aromatic rings. The molecule has 4 rings (SSSR count). The molecular weight excluding hydrogens is 539 g/mol. The molecule has 0 saturated carbocycles. The number of aliphatic hydroxyl groups is 2. The predicted molar refractivity (Wildman–Crippen MR) is 155 cm³/mol. The molecule has 0 aliphatic heterocycles. The van der Waals surface area contributed by atoms with Crippen molar-refractivity contribution in [3.05, 3.63) is 90.0 Å². The van der Waals surface area contributed by atoms with E-state index in [0.29, 0.717) is 29.1 Å².